The molecule has 0 bridgehead atoms. The first kappa shape index (κ1) is 8.50. The molecular weight excluding hydrogens is 187 g/mol. The van der Waals surface area contributed by atoms with Gasteiger partial charge < -0.3 is 9.84 Å². The summed E-state index contributed by atoms with van der Waals surface area (Å²) in [6, 6.07) is 2.79. The van der Waals surface area contributed by atoms with Crippen LogP contribution in [0.15, 0.2) is 12.1 Å². The first-order chi connectivity index (χ1) is 5.15. The predicted octanol–water partition coefficient (Wildman–Crippen LogP) is 2.71. The van der Waals surface area contributed by atoms with Crippen LogP contribution in [0.2, 0.25) is 10.0 Å². The Morgan fingerprint density at radius 1 is 1.27 bits per heavy atom. The average molecular weight is 193 g/mol. The van der Waals surface area contributed by atoms with Crippen LogP contribution in [0.25, 0.3) is 0 Å². The highest BCUT2D eigenvalue weighted by molar-refractivity contribution is 6.42. The number of phenolic OH excluding ortho intramolecular Hbond substituents is 1. The third-order valence-electron chi connectivity index (χ3n) is 1.22. The molecule has 0 spiro atoms. The number of aromatic hydroxyl groups is 1. The molecule has 4 heteroatoms. The summed E-state index contributed by atoms with van der Waals surface area (Å²) in [6.45, 7) is 0. The molecule has 0 fully saturated rings. The Labute approximate surface area is 74.3 Å². The van der Waals surface area contributed by atoms with Crippen molar-refractivity contribution in [2.45, 2.75) is 0 Å². The van der Waals surface area contributed by atoms with Gasteiger partial charge in [0.1, 0.15) is 0 Å². The van der Waals surface area contributed by atoms with Crippen LogP contribution in [0.4, 0.5) is 0 Å². The van der Waals surface area contributed by atoms with E-state index in [1.165, 1.54) is 19.2 Å². The lowest BCUT2D eigenvalue weighted by Crippen LogP contribution is -1.83. The maximum absolute atomic E-state index is 9.15. The lowest BCUT2D eigenvalue weighted by Gasteiger charge is -2.03. The van der Waals surface area contributed by atoms with E-state index < -0.39 is 0 Å². The van der Waals surface area contributed by atoms with E-state index in [2.05, 4.69) is 0 Å². The van der Waals surface area contributed by atoms with Gasteiger partial charge in [-0.05, 0) is 0 Å². The number of hydrogen-bond acceptors (Lipinski definition) is 2. The molecule has 0 heterocycles. The van der Waals surface area contributed by atoms with Gasteiger partial charge in [0, 0.05) is 12.1 Å². The van der Waals surface area contributed by atoms with Gasteiger partial charge >= 0.3 is 0 Å². The largest absolute Gasteiger partial charge is 0.504 e. The van der Waals surface area contributed by atoms with E-state index in [0.717, 1.165) is 0 Å². The minimum Gasteiger partial charge on any atom is -0.504 e. The Balaban J connectivity index is 3.21. The Kier molecular flexibility index (Phi) is 2.47. The number of phenols is 1. The second kappa shape index (κ2) is 3.20. The number of benzene rings is 1. The highest BCUT2D eigenvalue weighted by Crippen LogP contribution is 2.34. The fourth-order valence-electron chi connectivity index (χ4n) is 0.682. The lowest BCUT2D eigenvalue weighted by molar-refractivity contribution is 0.373. The predicted molar refractivity (Wildman–Crippen MR) is 44.7 cm³/mol. The van der Waals surface area contributed by atoms with E-state index in [1.54, 1.807) is 0 Å². The third kappa shape index (κ3) is 1.70. The van der Waals surface area contributed by atoms with Gasteiger partial charge in [-0.2, -0.15) is 0 Å². The Morgan fingerprint density at radius 3 is 2.36 bits per heavy atom. The standard InChI is InChI=1S/C7H6Cl2O2/c1-11-7-3-5(9)4(8)2-6(7)10/h2-3,10H,1H3. The monoisotopic (exact) mass is 192 g/mol. The molecule has 11 heavy (non-hydrogen) atoms. The zero-order chi connectivity index (χ0) is 8.43. The molecule has 0 unspecified atom stereocenters. The van der Waals surface area contributed by atoms with E-state index in [-0.39, 0.29) is 5.75 Å². The molecule has 0 saturated heterocycles. The fourth-order valence-corrected chi connectivity index (χ4v) is 0.993. The van der Waals surface area contributed by atoms with Gasteiger partial charge in [-0.3, -0.25) is 0 Å². The van der Waals surface area contributed by atoms with Crippen LogP contribution in [-0.4, -0.2) is 12.2 Å². The molecule has 0 aliphatic carbocycles. The number of halogens is 2. The van der Waals surface area contributed by atoms with Crippen LogP contribution in [0.3, 0.4) is 0 Å². The molecular formula is C7H6Cl2O2. The Hall–Kier alpha value is -0.600. The molecule has 0 aliphatic rings. The van der Waals surface area contributed by atoms with Crippen LogP contribution in [0, 0.1) is 0 Å². The number of rotatable bonds is 1. The second-order valence-corrected chi connectivity index (χ2v) is 2.75. The van der Waals surface area contributed by atoms with Crippen molar-refractivity contribution in [3.63, 3.8) is 0 Å². The first-order valence-corrected chi connectivity index (χ1v) is 3.62. The minimum absolute atomic E-state index is 0.0121. The average Bonchev–Trinajstić information content (AvgIpc) is 1.97. The maximum Gasteiger partial charge on any atom is 0.162 e. The van der Waals surface area contributed by atoms with Gasteiger partial charge in [0.2, 0.25) is 0 Å². The van der Waals surface area contributed by atoms with E-state index in [1.807, 2.05) is 0 Å². The van der Waals surface area contributed by atoms with Crippen LogP contribution in [0.1, 0.15) is 0 Å². The third-order valence-corrected chi connectivity index (χ3v) is 1.94. The smallest absolute Gasteiger partial charge is 0.162 e. The Bertz CT molecular complexity index is 273. The maximum atomic E-state index is 9.15. The van der Waals surface area contributed by atoms with Crippen LogP contribution >= 0.6 is 23.2 Å². The highest BCUT2D eigenvalue weighted by Gasteiger charge is 2.05. The topological polar surface area (TPSA) is 29.5 Å². The summed E-state index contributed by atoms with van der Waals surface area (Å²) in [5.74, 6) is 0.307. The molecule has 1 aromatic carbocycles. The second-order valence-electron chi connectivity index (χ2n) is 1.94. The molecule has 60 valence electrons. The number of ether oxygens (including phenoxy) is 1. The van der Waals surface area contributed by atoms with E-state index in [0.29, 0.717) is 15.8 Å². The molecule has 1 aromatic rings. The quantitative estimate of drug-likeness (QED) is 0.742. The summed E-state index contributed by atoms with van der Waals surface area (Å²) in [5.41, 5.74) is 0. The summed E-state index contributed by atoms with van der Waals surface area (Å²) in [7, 11) is 1.44. The van der Waals surface area contributed by atoms with E-state index in [9.17, 15) is 0 Å². The van der Waals surface area contributed by atoms with Crippen LogP contribution < -0.4 is 4.74 Å². The van der Waals surface area contributed by atoms with Crippen LogP contribution in [-0.2, 0) is 0 Å². The fraction of sp³-hybridized carbons (Fsp3) is 0.143. The zero-order valence-electron chi connectivity index (χ0n) is 5.77. The minimum atomic E-state index is -0.0121. The molecule has 0 atom stereocenters. The summed E-state index contributed by atoms with van der Waals surface area (Å²) >= 11 is 11.2. The van der Waals surface area contributed by atoms with Gasteiger partial charge in [0.25, 0.3) is 0 Å². The number of hydrogen-bond donors (Lipinski definition) is 1. The summed E-state index contributed by atoms with van der Waals surface area (Å²) in [5, 5.41) is 9.82. The van der Waals surface area contributed by atoms with Gasteiger partial charge in [0.05, 0.1) is 17.2 Å². The van der Waals surface area contributed by atoms with Crippen molar-refractivity contribution in [3.8, 4) is 11.5 Å². The molecule has 1 N–H and O–H groups in total. The van der Waals surface area contributed by atoms with Crippen molar-refractivity contribution in [3.05, 3.63) is 22.2 Å². The molecule has 0 radical (unpaired) electrons. The molecule has 0 amide bonds. The van der Waals surface area contributed by atoms with Crippen molar-refractivity contribution < 1.29 is 9.84 Å². The van der Waals surface area contributed by atoms with Crippen molar-refractivity contribution in [2.24, 2.45) is 0 Å². The van der Waals surface area contributed by atoms with Gasteiger partial charge in [-0.25, -0.2) is 0 Å². The van der Waals surface area contributed by atoms with E-state index in [4.69, 9.17) is 33.0 Å². The molecule has 0 saturated carbocycles. The zero-order valence-corrected chi connectivity index (χ0v) is 7.28. The molecule has 1 rings (SSSR count). The first-order valence-electron chi connectivity index (χ1n) is 2.87. The lowest BCUT2D eigenvalue weighted by atomic mass is 10.3. The molecule has 2 nitrogen and oxygen atoms in total. The van der Waals surface area contributed by atoms with Gasteiger partial charge in [0.15, 0.2) is 11.5 Å². The van der Waals surface area contributed by atoms with Crippen molar-refractivity contribution >= 4 is 23.2 Å². The SMILES string of the molecule is COc1cc(Cl)c(Cl)cc1O. The molecule has 0 aromatic heterocycles. The van der Waals surface area contributed by atoms with Crippen molar-refractivity contribution in [1.82, 2.24) is 0 Å². The van der Waals surface area contributed by atoms with E-state index >= 15 is 0 Å². The Morgan fingerprint density at radius 2 is 1.82 bits per heavy atom. The number of methoxy groups -OCH3 is 1. The van der Waals surface area contributed by atoms with Gasteiger partial charge in [-0.1, -0.05) is 23.2 Å². The normalized spacial score (nSPS) is 9.73. The summed E-state index contributed by atoms with van der Waals surface area (Å²) < 4.78 is 4.79. The molecule has 0 aliphatic heterocycles. The summed E-state index contributed by atoms with van der Waals surface area (Å²) in [6.07, 6.45) is 0. The van der Waals surface area contributed by atoms with Crippen molar-refractivity contribution in [1.29, 1.82) is 0 Å². The highest BCUT2D eigenvalue weighted by atomic mass is 35.5. The summed E-state index contributed by atoms with van der Waals surface area (Å²) in [4.78, 5) is 0. The van der Waals surface area contributed by atoms with Crippen LogP contribution in [0.5, 0.6) is 11.5 Å². The van der Waals surface area contributed by atoms with Crippen molar-refractivity contribution in [2.75, 3.05) is 7.11 Å². The van der Waals surface area contributed by atoms with Gasteiger partial charge in [-0.15, -0.1) is 0 Å².